The molecule has 0 heterocycles. The Morgan fingerprint density at radius 1 is 1.08 bits per heavy atom. The van der Waals surface area contributed by atoms with E-state index in [-0.39, 0.29) is 17.1 Å². The molecule has 0 unspecified atom stereocenters. The Labute approximate surface area is 157 Å². The van der Waals surface area contributed by atoms with Gasteiger partial charge in [0.25, 0.3) is 0 Å². The number of carbonyl (C=O) groups is 1. The Balaban J connectivity index is 2.02. The monoisotopic (exact) mass is 356 g/mol. The van der Waals surface area contributed by atoms with Gasteiger partial charge in [-0.1, -0.05) is 44.9 Å². The fourth-order valence-corrected chi connectivity index (χ4v) is 5.58. The van der Waals surface area contributed by atoms with E-state index in [2.05, 4.69) is 39.8 Å². The molecular formula is C23H32O3. The maximum Gasteiger partial charge on any atom is 0.189 e. The van der Waals surface area contributed by atoms with Gasteiger partial charge < -0.3 is 9.47 Å². The third kappa shape index (κ3) is 3.06. The van der Waals surface area contributed by atoms with Crippen LogP contribution >= 0.6 is 0 Å². The molecule has 0 amide bonds. The van der Waals surface area contributed by atoms with Crippen LogP contribution < -0.4 is 0 Å². The van der Waals surface area contributed by atoms with Crippen LogP contribution in [0.1, 0.15) is 53.4 Å². The number of ether oxygens (including phenoxy) is 2. The topological polar surface area (TPSA) is 35.5 Å². The number of carbonyl (C=O) groups excluding carboxylic acids is 1. The maximum absolute atomic E-state index is 12.7. The minimum Gasteiger partial charge on any atom is -0.493 e. The first-order valence-corrected chi connectivity index (χ1v) is 9.67. The molecule has 0 aromatic heterocycles. The summed E-state index contributed by atoms with van der Waals surface area (Å²) >= 11 is 0. The van der Waals surface area contributed by atoms with E-state index in [1.54, 1.807) is 14.2 Å². The summed E-state index contributed by atoms with van der Waals surface area (Å²) in [6.45, 7) is 9.48. The van der Waals surface area contributed by atoms with Crippen molar-refractivity contribution >= 4 is 5.78 Å². The van der Waals surface area contributed by atoms with Crippen molar-refractivity contribution in [2.24, 2.45) is 22.7 Å². The quantitative estimate of drug-likeness (QED) is 0.505. The molecule has 0 aromatic carbocycles. The summed E-state index contributed by atoms with van der Waals surface area (Å²) in [4.78, 5) is 12.7. The van der Waals surface area contributed by atoms with Crippen LogP contribution in [0.5, 0.6) is 0 Å². The van der Waals surface area contributed by atoms with Crippen LogP contribution in [0.25, 0.3) is 0 Å². The molecular weight excluding hydrogens is 324 g/mol. The van der Waals surface area contributed by atoms with Crippen LogP contribution in [-0.2, 0) is 14.3 Å². The summed E-state index contributed by atoms with van der Waals surface area (Å²) in [5.74, 6) is 2.03. The molecule has 1 fully saturated rings. The minimum atomic E-state index is -0.00348. The summed E-state index contributed by atoms with van der Waals surface area (Å²) in [5.41, 5.74) is 2.63. The molecule has 0 saturated heterocycles. The summed E-state index contributed by atoms with van der Waals surface area (Å²) in [6, 6.07) is 0. The lowest BCUT2D eigenvalue weighted by atomic mass is 9.48. The fourth-order valence-electron chi connectivity index (χ4n) is 5.58. The third-order valence-electron chi connectivity index (χ3n) is 7.01. The number of fused-ring (bicyclic) bond motifs is 1. The highest BCUT2D eigenvalue weighted by Crippen LogP contribution is 2.60. The van der Waals surface area contributed by atoms with E-state index in [4.69, 9.17) is 9.47 Å². The van der Waals surface area contributed by atoms with Gasteiger partial charge in [0.2, 0.25) is 0 Å². The van der Waals surface area contributed by atoms with E-state index in [9.17, 15) is 4.79 Å². The standard InChI is InChI=1S/C23H32O3/c1-15-8-9-21-22(2,3)10-7-11-23(21,4)17(15)12-16-13-19(25-5)20(26-6)14-18(16)24/h8,12-14,17,21H,7,9-11H2,1-6H3/b16-12+/t17-,21-,23+/m0/s1. The molecule has 0 N–H and O–H groups in total. The molecule has 0 aromatic rings. The highest BCUT2D eigenvalue weighted by Gasteiger charge is 2.51. The SMILES string of the molecule is COC1=CC(=O)/C(=C/[C@H]2C(C)=CC[C@H]3C(C)(C)CCC[C@]23C)C=C1OC. The molecule has 0 radical (unpaired) electrons. The first-order valence-electron chi connectivity index (χ1n) is 9.67. The van der Waals surface area contributed by atoms with Crippen LogP contribution in [0, 0.1) is 22.7 Å². The second kappa shape index (κ2) is 6.75. The third-order valence-corrected chi connectivity index (χ3v) is 7.01. The molecule has 3 rings (SSSR count). The molecule has 0 bridgehead atoms. The Hall–Kier alpha value is -1.77. The normalized spacial score (nSPS) is 35.2. The van der Waals surface area contributed by atoms with E-state index in [1.165, 1.54) is 30.9 Å². The number of ketones is 1. The number of methoxy groups -OCH3 is 2. The lowest BCUT2D eigenvalue weighted by Gasteiger charge is -2.56. The zero-order chi connectivity index (χ0) is 19.1. The summed E-state index contributed by atoms with van der Waals surface area (Å²) in [7, 11) is 3.17. The molecule has 3 heteroatoms. The van der Waals surface area contributed by atoms with E-state index < -0.39 is 0 Å². The highest BCUT2D eigenvalue weighted by molar-refractivity contribution is 6.08. The summed E-state index contributed by atoms with van der Waals surface area (Å²) < 4.78 is 10.7. The molecule has 142 valence electrons. The van der Waals surface area contributed by atoms with Crippen LogP contribution in [0.15, 0.2) is 47.0 Å². The Morgan fingerprint density at radius 3 is 2.38 bits per heavy atom. The smallest absolute Gasteiger partial charge is 0.189 e. The van der Waals surface area contributed by atoms with Crippen molar-refractivity contribution in [2.75, 3.05) is 14.2 Å². The van der Waals surface area contributed by atoms with Crippen LogP contribution in [0.4, 0.5) is 0 Å². The van der Waals surface area contributed by atoms with E-state index in [1.807, 2.05) is 6.08 Å². The van der Waals surface area contributed by atoms with E-state index in [0.717, 1.165) is 6.42 Å². The van der Waals surface area contributed by atoms with Crippen LogP contribution in [0.3, 0.4) is 0 Å². The van der Waals surface area contributed by atoms with Crippen molar-refractivity contribution in [1.29, 1.82) is 0 Å². The van der Waals surface area contributed by atoms with Gasteiger partial charge >= 0.3 is 0 Å². The number of hydrogen-bond acceptors (Lipinski definition) is 3. The van der Waals surface area contributed by atoms with Gasteiger partial charge in [0, 0.05) is 17.6 Å². The van der Waals surface area contributed by atoms with Gasteiger partial charge in [-0.2, -0.15) is 0 Å². The predicted octanol–water partition coefficient (Wildman–Crippen LogP) is 5.35. The zero-order valence-electron chi connectivity index (χ0n) is 17.0. The molecule has 3 atom stereocenters. The van der Waals surface area contributed by atoms with Gasteiger partial charge in [-0.15, -0.1) is 0 Å². The van der Waals surface area contributed by atoms with E-state index in [0.29, 0.717) is 28.4 Å². The first-order chi connectivity index (χ1) is 12.2. The molecule has 0 spiro atoms. The minimum absolute atomic E-state index is 0.00348. The summed E-state index contributed by atoms with van der Waals surface area (Å²) in [6.07, 6.45) is 12.9. The highest BCUT2D eigenvalue weighted by atomic mass is 16.5. The average Bonchev–Trinajstić information content (AvgIpc) is 2.58. The molecule has 1 saturated carbocycles. The van der Waals surface area contributed by atoms with Gasteiger partial charge in [-0.05, 0) is 49.0 Å². The molecule has 3 aliphatic rings. The molecule has 0 aliphatic heterocycles. The first kappa shape index (κ1) is 19.0. The van der Waals surface area contributed by atoms with Crippen molar-refractivity contribution in [1.82, 2.24) is 0 Å². The van der Waals surface area contributed by atoms with Crippen molar-refractivity contribution in [3.63, 3.8) is 0 Å². The van der Waals surface area contributed by atoms with Gasteiger partial charge in [0.05, 0.1) is 14.2 Å². The second-order valence-electron chi connectivity index (χ2n) is 8.97. The van der Waals surface area contributed by atoms with Crippen molar-refractivity contribution in [3.05, 3.63) is 47.0 Å². The fraction of sp³-hybridized carbons (Fsp3) is 0.609. The predicted molar refractivity (Wildman–Crippen MR) is 104 cm³/mol. The van der Waals surface area contributed by atoms with Crippen LogP contribution in [0.2, 0.25) is 0 Å². The Kier molecular flexibility index (Phi) is 4.94. The van der Waals surface area contributed by atoms with Crippen molar-refractivity contribution in [3.8, 4) is 0 Å². The van der Waals surface area contributed by atoms with Gasteiger partial charge in [-0.3, -0.25) is 4.79 Å². The van der Waals surface area contributed by atoms with Crippen molar-refractivity contribution in [2.45, 2.75) is 53.4 Å². The Bertz CT molecular complexity index is 720. The average molecular weight is 357 g/mol. The lowest BCUT2D eigenvalue weighted by molar-refractivity contribution is -0.111. The van der Waals surface area contributed by atoms with Crippen molar-refractivity contribution < 1.29 is 14.3 Å². The van der Waals surface area contributed by atoms with Gasteiger partial charge in [0.1, 0.15) is 0 Å². The summed E-state index contributed by atoms with van der Waals surface area (Å²) in [5, 5.41) is 0. The lowest BCUT2D eigenvalue weighted by Crippen LogP contribution is -2.48. The number of hydrogen-bond donors (Lipinski definition) is 0. The van der Waals surface area contributed by atoms with E-state index >= 15 is 0 Å². The van der Waals surface area contributed by atoms with Gasteiger partial charge in [-0.25, -0.2) is 0 Å². The largest absolute Gasteiger partial charge is 0.493 e. The number of rotatable bonds is 3. The molecule has 3 nitrogen and oxygen atoms in total. The van der Waals surface area contributed by atoms with Gasteiger partial charge in [0.15, 0.2) is 17.3 Å². The second-order valence-corrected chi connectivity index (χ2v) is 8.97. The molecule has 3 aliphatic carbocycles. The molecule has 26 heavy (non-hydrogen) atoms. The maximum atomic E-state index is 12.7. The zero-order valence-corrected chi connectivity index (χ0v) is 17.0. The Morgan fingerprint density at radius 2 is 1.73 bits per heavy atom. The number of allylic oxidation sites excluding steroid dienone is 6. The van der Waals surface area contributed by atoms with Crippen LogP contribution in [-0.4, -0.2) is 20.0 Å².